The molecule has 0 fully saturated rings. The SMILES string of the molecule is CCc1ccc(NC(=O)[C@@H](C)Oc2ccc(Br)cc2)cc1. The lowest BCUT2D eigenvalue weighted by Crippen LogP contribution is -2.30. The summed E-state index contributed by atoms with van der Waals surface area (Å²) in [5.74, 6) is 0.504. The first-order valence-corrected chi connectivity index (χ1v) is 7.70. The largest absolute Gasteiger partial charge is 0.481 e. The first kappa shape index (κ1) is 15.6. The van der Waals surface area contributed by atoms with Crippen molar-refractivity contribution < 1.29 is 9.53 Å². The molecule has 0 heterocycles. The number of carbonyl (C=O) groups is 1. The molecule has 2 aromatic rings. The van der Waals surface area contributed by atoms with Crippen LogP contribution < -0.4 is 10.1 Å². The molecular weight excluding hydrogens is 330 g/mol. The fraction of sp³-hybridized carbons (Fsp3) is 0.235. The number of hydrogen-bond donors (Lipinski definition) is 1. The van der Waals surface area contributed by atoms with E-state index in [-0.39, 0.29) is 5.91 Å². The van der Waals surface area contributed by atoms with E-state index in [0.29, 0.717) is 5.75 Å². The minimum Gasteiger partial charge on any atom is -0.481 e. The molecule has 0 unspecified atom stereocenters. The maximum absolute atomic E-state index is 12.1. The highest BCUT2D eigenvalue weighted by molar-refractivity contribution is 9.10. The number of carbonyl (C=O) groups excluding carboxylic acids is 1. The maximum atomic E-state index is 12.1. The van der Waals surface area contributed by atoms with Crippen LogP contribution in [0.25, 0.3) is 0 Å². The van der Waals surface area contributed by atoms with Crippen LogP contribution >= 0.6 is 15.9 Å². The maximum Gasteiger partial charge on any atom is 0.265 e. The average molecular weight is 348 g/mol. The van der Waals surface area contributed by atoms with Gasteiger partial charge in [0, 0.05) is 10.2 Å². The number of nitrogens with one attached hydrogen (secondary N) is 1. The highest BCUT2D eigenvalue weighted by atomic mass is 79.9. The molecule has 0 aliphatic heterocycles. The van der Waals surface area contributed by atoms with Crippen LogP contribution in [0.2, 0.25) is 0 Å². The molecule has 3 nitrogen and oxygen atoms in total. The van der Waals surface area contributed by atoms with Crippen molar-refractivity contribution in [1.82, 2.24) is 0 Å². The summed E-state index contributed by atoms with van der Waals surface area (Å²) in [5.41, 5.74) is 2.02. The van der Waals surface area contributed by atoms with Gasteiger partial charge in [0.2, 0.25) is 0 Å². The summed E-state index contributed by atoms with van der Waals surface area (Å²) in [7, 11) is 0. The second-order valence-corrected chi connectivity index (χ2v) is 5.67. The van der Waals surface area contributed by atoms with E-state index in [4.69, 9.17) is 4.74 Å². The van der Waals surface area contributed by atoms with Gasteiger partial charge in [-0.05, 0) is 55.3 Å². The first-order valence-electron chi connectivity index (χ1n) is 6.90. The topological polar surface area (TPSA) is 38.3 Å². The number of amides is 1. The number of aryl methyl sites for hydroxylation is 1. The summed E-state index contributed by atoms with van der Waals surface area (Å²) in [4.78, 5) is 12.1. The number of ether oxygens (including phenoxy) is 1. The normalized spacial score (nSPS) is 11.8. The summed E-state index contributed by atoms with van der Waals surface area (Å²) in [5, 5.41) is 2.85. The van der Waals surface area contributed by atoms with Crippen molar-refractivity contribution in [3.8, 4) is 5.75 Å². The predicted octanol–water partition coefficient (Wildman–Crippen LogP) is 4.42. The Hall–Kier alpha value is -1.81. The fourth-order valence-corrected chi connectivity index (χ4v) is 2.10. The van der Waals surface area contributed by atoms with Gasteiger partial charge in [0.05, 0.1) is 0 Å². The van der Waals surface area contributed by atoms with Crippen LogP contribution in [-0.4, -0.2) is 12.0 Å². The molecule has 2 rings (SSSR count). The molecule has 0 aliphatic rings. The summed E-state index contributed by atoms with van der Waals surface area (Å²) < 4.78 is 6.59. The van der Waals surface area contributed by atoms with E-state index in [1.807, 2.05) is 48.5 Å². The summed E-state index contributed by atoms with van der Waals surface area (Å²) in [6, 6.07) is 15.2. The van der Waals surface area contributed by atoms with Gasteiger partial charge in [-0.3, -0.25) is 4.79 Å². The molecule has 0 aromatic heterocycles. The van der Waals surface area contributed by atoms with Crippen molar-refractivity contribution in [3.05, 3.63) is 58.6 Å². The van der Waals surface area contributed by atoms with E-state index < -0.39 is 6.10 Å². The molecule has 110 valence electrons. The van der Waals surface area contributed by atoms with Crippen molar-refractivity contribution in [2.45, 2.75) is 26.4 Å². The lowest BCUT2D eigenvalue weighted by atomic mass is 10.1. The molecule has 0 aliphatic carbocycles. The van der Waals surface area contributed by atoms with Crippen LogP contribution in [0.15, 0.2) is 53.0 Å². The van der Waals surface area contributed by atoms with Gasteiger partial charge in [-0.15, -0.1) is 0 Å². The zero-order valence-corrected chi connectivity index (χ0v) is 13.7. The standard InChI is InChI=1S/C17H18BrNO2/c1-3-13-4-8-15(9-5-13)19-17(20)12(2)21-16-10-6-14(18)7-11-16/h4-12H,3H2,1-2H3,(H,19,20)/t12-/m1/s1. The Morgan fingerprint density at radius 3 is 2.33 bits per heavy atom. The van der Waals surface area contributed by atoms with Crippen LogP contribution in [0.1, 0.15) is 19.4 Å². The van der Waals surface area contributed by atoms with Crippen LogP contribution in [0, 0.1) is 0 Å². The van der Waals surface area contributed by atoms with Crippen LogP contribution in [0.3, 0.4) is 0 Å². The molecule has 0 spiro atoms. The Morgan fingerprint density at radius 2 is 1.76 bits per heavy atom. The van der Waals surface area contributed by atoms with Crippen molar-refractivity contribution in [2.24, 2.45) is 0 Å². The number of benzene rings is 2. The molecule has 0 radical (unpaired) electrons. The minimum atomic E-state index is -0.558. The molecule has 21 heavy (non-hydrogen) atoms. The average Bonchev–Trinajstić information content (AvgIpc) is 2.50. The third kappa shape index (κ3) is 4.60. The van der Waals surface area contributed by atoms with Crippen LogP contribution in [0.5, 0.6) is 5.75 Å². The number of anilines is 1. The third-order valence-electron chi connectivity index (χ3n) is 3.13. The Bertz CT molecular complexity index is 593. The first-order chi connectivity index (χ1) is 10.1. The van der Waals surface area contributed by atoms with Crippen LogP contribution in [-0.2, 0) is 11.2 Å². The highest BCUT2D eigenvalue weighted by Crippen LogP contribution is 2.18. The lowest BCUT2D eigenvalue weighted by molar-refractivity contribution is -0.122. The van der Waals surface area contributed by atoms with Gasteiger partial charge in [0.1, 0.15) is 5.75 Å². The van der Waals surface area contributed by atoms with Crippen molar-refractivity contribution in [3.63, 3.8) is 0 Å². The van der Waals surface area contributed by atoms with Gasteiger partial charge in [-0.2, -0.15) is 0 Å². The highest BCUT2D eigenvalue weighted by Gasteiger charge is 2.14. The summed E-state index contributed by atoms with van der Waals surface area (Å²) in [6.07, 6.45) is 0.425. The minimum absolute atomic E-state index is 0.165. The van der Waals surface area contributed by atoms with Gasteiger partial charge in [0.25, 0.3) is 5.91 Å². The van der Waals surface area contributed by atoms with Gasteiger partial charge in [0.15, 0.2) is 6.10 Å². The zero-order chi connectivity index (χ0) is 15.2. The Kier molecular flexibility index (Phi) is 5.39. The van der Waals surface area contributed by atoms with E-state index in [2.05, 4.69) is 28.2 Å². The molecular formula is C17H18BrNO2. The van der Waals surface area contributed by atoms with Crippen LogP contribution in [0.4, 0.5) is 5.69 Å². The van der Waals surface area contributed by atoms with E-state index in [1.54, 1.807) is 6.92 Å². The predicted molar refractivity (Wildman–Crippen MR) is 88.7 cm³/mol. The van der Waals surface area contributed by atoms with Gasteiger partial charge in [-0.1, -0.05) is 35.0 Å². The number of hydrogen-bond acceptors (Lipinski definition) is 2. The smallest absolute Gasteiger partial charge is 0.265 e. The summed E-state index contributed by atoms with van der Waals surface area (Å²) >= 11 is 3.36. The number of halogens is 1. The molecule has 2 aromatic carbocycles. The summed E-state index contributed by atoms with van der Waals surface area (Å²) in [6.45, 7) is 3.83. The Balaban J connectivity index is 1.93. The second kappa shape index (κ2) is 7.27. The van der Waals surface area contributed by atoms with Crippen molar-refractivity contribution in [2.75, 3.05) is 5.32 Å². The molecule has 1 atom stereocenters. The second-order valence-electron chi connectivity index (χ2n) is 4.75. The lowest BCUT2D eigenvalue weighted by Gasteiger charge is -2.15. The van der Waals surface area contributed by atoms with Crippen molar-refractivity contribution >= 4 is 27.5 Å². The zero-order valence-electron chi connectivity index (χ0n) is 12.1. The fourth-order valence-electron chi connectivity index (χ4n) is 1.84. The molecule has 0 saturated carbocycles. The van der Waals surface area contributed by atoms with Gasteiger partial charge in [-0.25, -0.2) is 0 Å². The van der Waals surface area contributed by atoms with E-state index in [9.17, 15) is 4.79 Å². The molecule has 0 saturated heterocycles. The van der Waals surface area contributed by atoms with E-state index >= 15 is 0 Å². The Labute approximate surface area is 133 Å². The quantitative estimate of drug-likeness (QED) is 0.869. The third-order valence-corrected chi connectivity index (χ3v) is 3.65. The molecule has 1 amide bonds. The number of rotatable bonds is 5. The van der Waals surface area contributed by atoms with E-state index in [1.165, 1.54) is 5.56 Å². The molecule has 1 N–H and O–H groups in total. The van der Waals surface area contributed by atoms with Gasteiger partial charge >= 0.3 is 0 Å². The monoisotopic (exact) mass is 347 g/mol. The Morgan fingerprint density at radius 1 is 1.14 bits per heavy atom. The van der Waals surface area contributed by atoms with Crippen molar-refractivity contribution in [1.29, 1.82) is 0 Å². The van der Waals surface area contributed by atoms with Gasteiger partial charge < -0.3 is 10.1 Å². The molecule has 4 heteroatoms. The van der Waals surface area contributed by atoms with E-state index in [0.717, 1.165) is 16.6 Å². The molecule has 0 bridgehead atoms.